The predicted octanol–water partition coefficient (Wildman–Crippen LogP) is 2.84. The first-order valence-corrected chi connectivity index (χ1v) is 8.10. The molecular weight excluding hydrogens is 318 g/mol. The van der Waals surface area contributed by atoms with Crippen LogP contribution in [-0.2, 0) is 11.2 Å². The summed E-state index contributed by atoms with van der Waals surface area (Å²) in [6, 6.07) is 13.2. The molecule has 2 N–H and O–H groups in total. The number of aromatic amines is 1. The number of carbonyl (C=O) groups excluding carboxylic acids is 1. The standard InChI is InChI=1S/C18H19N5O2/c1-2-25-15-9-4-3-7-13(15)10-11-16(24)20-18-21-17(22-23-18)14-8-5-6-12-19-14/h3-9,12H,2,10-11H2,1H3,(H2,20,21,22,23,24). The van der Waals surface area contributed by atoms with Crippen LogP contribution in [0, 0.1) is 0 Å². The number of hydrogen-bond donors (Lipinski definition) is 2. The number of para-hydroxylation sites is 1. The molecule has 0 aliphatic heterocycles. The lowest BCUT2D eigenvalue weighted by Crippen LogP contribution is -2.13. The van der Waals surface area contributed by atoms with Crippen LogP contribution >= 0.6 is 0 Å². The van der Waals surface area contributed by atoms with E-state index in [1.807, 2.05) is 49.4 Å². The maximum atomic E-state index is 12.1. The molecule has 0 radical (unpaired) electrons. The van der Waals surface area contributed by atoms with Crippen molar-refractivity contribution in [2.24, 2.45) is 0 Å². The molecule has 0 atom stereocenters. The number of amides is 1. The number of aromatic nitrogens is 4. The maximum absolute atomic E-state index is 12.1. The van der Waals surface area contributed by atoms with Crippen LogP contribution < -0.4 is 10.1 Å². The van der Waals surface area contributed by atoms with Crippen LogP contribution in [0.25, 0.3) is 11.5 Å². The van der Waals surface area contributed by atoms with E-state index in [-0.39, 0.29) is 11.9 Å². The minimum Gasteiger partial charge on any atom is -0.494 e. The summed E-state index contributed by atoms with van der Waals surface area (Å²) in [5.74, 6) is 1.41. The van der Waals surface area contributed by atoms with Gasteiger partial charge in [0.15, 0.2) is 5.82 Å². The zero-order valence-corrected chi connectivity index (χ0v) is 13.9. The SMILES string of the molecule is CCOc1ccccc1CCC(=O)Nc1n[nH]c(-c2ccccn2)n1. The van der Waals surface area contributed by atoms with Gasteiger partial charge in [0.05, 0.1) is 6.61 Å². The molecule has 0 unspecified atom stereocenters. The van der Waals surface area contributed by atoms with Crippen molar-refractivity contribution >= 4 is 11.9 Å². The lowest BCUT2D eigenvalue weighted by molar-refractivity contribution is -0.116. The molecule has 0 saturated heterocycles. The minimum absolute atomic E-state index is 0.155. The van der Waals surface area contributed by atoms with Gasteiger partial charge < -0.3 is 4.74 Å². The summed E-state index contributed by atoms with van der Waals surface area (Å²) >= 11 is 0. The molecule has 1 amide bonds. The zero-order valence-electron chi connectivity index (χ0n) is 13.9. The van der Waals surface area contributed by atoms with E-state index < -0.39 is 0 Å². The van der Waals surface area contributed by atoms with Gasteiger partial charge in [-0.15, -0.1) is 5.10 Å². The molecule has 2 heterocycles. The van der Waals surface area contributed by atoms with Crippen LogP contribution in [0.3, 0.4) is 0 Å². The van der Waals surface area contributed by atoms with Crippen molar-refractivity contribution in [1.29, 1.82) is 0 Å². The molecule has 128 valence electrons. The Bertz CT molecular complexity index is 832. The van der Waals surface area contributed by atoms with Crippen LogP contribution in [0.1, 0.15) is 18.9 Å². The molecule has 0 aliphatic rings. The molecule has 7 heteroatoms. The second-order valence-corrected chi connectivity index (χ2v) is 5.31. The molecule has 1 aromatic carbocycles. The lowest BCUT2D eigenvalue weighted by Gasteiger charge is -2.09. The van der Waals surface area contributed by atoms with E-state index in [1.54, 1.807) is 6.20 Å². The highest BCUT2D eigenvalue weighted by atomic mass is 16.5. The largest absolute Gasteiger partial charge is 0.494 e. The Kier molecular flexibility index (Phi) is 5.36. The fourth-order valence-electron chi connectivity index (χ4n) is 2.38. The lowest BCUT2D eigenvalue weighted by atomic mass is 10.1. The van der Waals surface area contributed by atoms with E-state index in [2.05, 4.69) is 25.5 Å². The van der Waals surface area contributed by atoms with Crippen molar-refractivity contribution in [3.05, 3.63) is 54.2 Å². The Labute approximate surface area is 145 Å². The van der Waals surface area contributed by atoms with Gasteiger partial charge in [-0.1, -0.05) is 24.3 Å². The van der Waals surface area contributed by atoms with Gasteiger partial charge in [0.1, 0.15) is 11.4 Å². The molecule has 0 bridgehead atoms. The number of benzene rings is 1. The number of pyridine rings is 1. The first kappa shape index (κ1) is 16.6. The molecule has 2 aromatic heterocycles. The van der Waals surface area contributed by atoms with E-state index in [4.69, 9.17) is 4.74 Å². The number of nitrogens with zero attached hydrogens (tertiary/aromatic N) is 3. The highest BCUT2D eigenvalue weighted by Crippen LogP contribution is 2.19. The summed E-state index contributed by atoms with van der Waals surface area (Å²) in [5, 5.41) is 9.46. The number of nitrogens with one attached hydrogen (secondary N) is 2. The summed E-state index contributed by atoms with van der Waals surface area (Å²) in [6.07, 6.45) is 2.57. The second kappa shape index (κ2) is 8.05. The molecule has 0 aliphatic carbocycles. The van der Waals surface area contributed by atoms with Gasteiger partial charge >= 0.3 is 0 Å². The van der Waals surface area contributed by atoms with Crippen LogP contribution in [0.2, 0.25) is 0 Å². The highest BCUT2D eigenvalue weighted by molar-refractivity contribution is 5.89. The maximum Gasteiger partial charge on any atom is 0.249 e. The number of aryl methyl sites for hydroxylation is 1. The van der Waals surface area contributed by atoms with Crippen molar-refractivity contribution in [2.75, 3.05) is 11.9 Å². The van der Waals surface area contributed by atoms with E-state index in [0.29, 0.717) is 31.0 Å². The fourth-order valence-corrected chi connectivity index (χ4v) is 2.38. The Morgan fingerprint density at radius 1 is 1.20 bits per heavy atom. The van der Waals surface area contributed by atoms with Crippen molar-refractivity contribution in [3.8, 4) is 17.3 Å². The molecule has 3 aromatic rings. The van der Waals surface area contributed by atoms with Crippen molar-refractivity contribution in [2.45, 2.75) is 19.8 Å². The van der Waals surface area contributed by atoms with Crippen molar-refractivity contribution in [1.82, 2.24) is 20.2 Å². The van der Waals surface area contributed by atoms with Crippen LogP contribution in [0.4, 0.5) is 5.95 Å². The fraction of sp³-hybridized carbons (Fsp3) is 0.222. The van der Waals surface area contributed by atoms with Gasteiger partial charge in [0.2, 0.25) is 11.9 Å². The Morgan fingerprint density at radius 3 is 2.84 bits per heavy atom. The van der Waals surface area contributed by atoms with Crippen molar-refractivity contribution < 1.29 is 9.53 Å². The van der Waals surface area contributed by atoms with Crippen LogP contribution in [0.15, 0.2) is 48.7 Å². The second-order valence-electron chi connectivity index (χ2n) is 5.31. The van der Waals surface area contributed by atoms with Crippen LogP contribution in [-0.4, -0.2) is 32.7 Å². The Hall–Kier alpha value is -3.22. The van der Waals surface area contributed by atoms with Crippen LogP contribution in [0.5, 0.6) is 5.75 Å². The van der Waals surface area contributed by atoms with E-state index in [9.17, 15) is 4.79 Å². The summed E-state index contributed by atoms with van der Waals surface area (Å²) in [6.45, 7) is 2.53. The number of ether oxygens (including phenoxy) is 1. The third-order valence-electron chi connectivity index (χ3n) is 3.54. The summed E-state index contributed by atoms with van der Waals surface area (Å²) in [5.41, 5.74) is 1.67. The monoisotopic (exact) mass is 337 g/mol. The Balaban J connectivity index is 1.58. The van der Waals surface area contributed by atoms with E-state index >= 15 is 0 Å². The van der Waals surface area contributed by atoms with Gasteiger partial charge in [-0.25, -0.2) is 0 Å². The first-order chi connectivity index (χ1) is 12.3. The van der Waals surface area contributed by atoms with Gasteiger partial charge in [0, 0.05) is 12.6 Å². The zero-order chi connectivity index (χ0) is 17.5. The minimum atomic E-state index is -0.155. The molecule has 0 spiro atoms. The molecule has 0 saturated carbocycles. The summed E-state index contributed by atoms with van der Waals surface area (Å²) in [7, 11) is 0. The van der Waals surface area contributed by atoms with Gasteiger partial charge in [-0.05, 0) is 37.1 Å². The number of anilines is 1. The summed E-state index contributed by atoms with van der Waals surface area (Å²) < 4.78 is 5.57. The van der Waals surface area contributed by atoms with Gasteiger partial charge in [0.25, 0.3) is 0 Å². The normalized spacial score (nSPS) is 10.4. The summed E-state index contributed by atoms with van der Waals surface area (Å²) in [4.78, 5) is 20.6. The average molecular weight is 337 g/mol. The Morgan fingerprint density at radius 2 is 2.04 bits per heavy atom. The number of hydrogen-bond acceptors (Lipinski definition) is 5. The highest BCUT2D eigenvalue weighted by Gasteiger charge is 2.11. The predicted molar refractivity (Wildman–Crippen MR) is 94.2 cm³/mol. The molecule has 7 nitrogen and oxygen atoms in total. The topological polar surface area (TPSA) is 92.8 Å². The third kappa shape index (κ3) is 4.41. The van der Waals surface area contributed by atoms with Crippen molar-refractivity contribution in [3.63, 3.8) is 0 Å². The van der Waals surface area contributed by atoms with Gasteiger partial charge in [-0.2, -0.15) is 4.98 Å². The average Bonchev–Trinajstić information content (AvgIpc) is 3.10. The molecule has 3 rings (SSSR count). The van der Waals surface area contributed by atoms with E-state index in [1.165, 1.54) is 0 Å². The molecule has 25 heavy (non-hydrogen) atoms. The van der Waals surface area contributed by atoms with Gasteiger partial charge in [-0.3, -0.25) is 20.2 Å². The number of H-pyrrole nitrogens is 1. The number of rotatable bonds is 7. The third-order valence-corrected chi connectivity index (χ3v) is 3.54. The molecule has 0 fully saturated rings. The van der Waals surface area contributed by atoms with E-state index in [0.717, 1.165) is 11.3 Å². The number of carbonyl (C=O) groups is 1. The first-order valence-electron chi connectivity index (χ1n) is 8.10. The molecular formula is C18H19N5O2. The smallest absolute Gasteiger partial charge is 0.249 e. The quantitative estimate of drug-likeness (QED) is 0.691.